The van der Waals surface area contributed by atoms with E-state index in [-0.39, 0.29) is 29.3 Å². The molecule has 0 radical (unpaired) electrons. The maximum Gasteiger partial charge on any atom is 0.339 e. The summed E-state index contributed by atoms with van der Waals surface area (Å²) in [4.78, 5) is 23.9. The molecular weight excluding hydrogens is 392 g/mol. The SMILES string of the molecule is CCCCCCCCCCCCCCCC(=O)/C(=C\c1ccc(O)c(OC)c1)C(=O)O. The lowest BCUT2D eigenvalue weighted by Gasteiger charge is -2.06. The fraction of sp³-hybridized carbons (Fsp3) is 0.615. The van der Waals surface area contributed by atoms with E-state index in [2.05, 4.69) is 6.92 Å². The molecule has 0 saturated carbocycles. The second kappa shape index (κ2) is 16.4. The molecule has 5 heteroatoms. The summed E-state index contributed by atoms with van der Waals surface area (Å²) in [6.07, 6.45) is 17.5. The van der Waals surface area contributed by atoms with Gasteiger partial charge in [-0.05, 0) is 30.2 Å². The normalized spacial score (nSPS) is 11.5. The van der Waals surface area contributed by atoms with Crippen molar-refractivity contribution in [3.05, 3.63) is 29.3 Å². The van der Waals surface area contributed by atoms with Gasteiger partial charge >= 0.3 is 5.97 Å². The summed E-state index contributed by atoms with van der Waals surface area (Å²) < 4.78 is 5.03. The molecule has 2 N–H and O–H groups in total. The third-order valence-corrected chi connectivity index (χ3v) is 5.55. The van der Waals surface area contributed by atoms with Gasteiger partial charge in [-0.25, -0.2) is 4.79 Å². The molecule has 0 aliphatic carbocycles. The van der Waals surface area contributed by atoms with Gasteiger partial charge in [0.1, 0.15) is 5.57 Å². The molecule has 31 heavy (non-hydrogen) atoms. The van der Waals surface area contributed by atoms with Crippen molar-refractivity contribution in [2.24, 2.45) is 0 Å². The molecule has 0 amide bonds. The van der Waals surface area contributed by atoms with Crippen LogP contribution in [-0.2, 0) is 9.59 Å². The van der Waals surface area contributed by atoms with Crippen molar-refractivity contribution in [2.45, 2.75) is 96.8 Å². The lowest BCUT2D eigenvalue weighted by atomic mass is 10.0. The summed E-state index contributed by atoms with van der Waals surface area (Å²) >= 11 is 0. The summed E-state index contributed by atoms with van der Waals surface area (Å²) in [5.74, 6) is -1.38. The van der Waals surface area contributed by atoms with Gasteiger partial charge in [0, 0.05) is 6.42 Å². The number of carboxylic acids is 1. The van der Waals surface area contributed by atoms with Gasteiger partial charge in [0.25, 0.3) is 0 Å². The van der Waals surface area contributed by atoms with Crippen LogP contribution >= 0.6 is 0 Å². The number of carbonyl (C=O) groups is 2. The van der Waals surface area contributed by atoms with Crippen molar-refractivity contribution in [1.29, 1.82) is 0 Å². The number of carbonyl (C=O) groups excluding carboxylic acids is 1. The first kappa shape index (κ1) is 26.7. The summed E-state index contributed by atoms with van der Waals surface area (Å²) in [5, 5.41) is 19.1. The monoisotopic (exact) mass is 432 g/mol. The summed E-state index contributed by atoms with van der Waals surface area (Å²) in [6, 6.07) is 4.48. The quantitative estimate of drug-likeness (QED) is 0.114. The minimum atomic E-state index is -1.23. The van der Waals surface area contributed by atoms with Crippen molar-refractivity contribution in [3.8, 4) is 11.5 Å². The molecule has 0 fully saturated rings. The van der Waals surface area contributed by atoms with Crippen LogP contribution in [0.15, 0.2) is 23.8 Å². The first-order valence-electron chi connectivity index (χ1n) is 11.8. The Morgan fingerprint density at radius 2 is 1.39 bits per heavy atom. The number of benzene rings is 1. The number of phenolic OH excluding ortho intramolecular Hbond substituents is 1. The lowest BCUT2D eigenvalue weighted by molar-refractivity contribution is -0.134. The fourth-order valence-electron chi connectivity index (χ4n) is 3.65. The Labute approximate surface area is 187 Å². The average molecular weight is 433 g/mol. The maximum absolute atomic E-state index is 12.4. The highest BCUT2D eigenvalue weighted by Crippen LogP contribution is 2.27. The van der Waals surface area contributed by atoms with E-state index in [1.165, 1.54) is 89.5 Å². The minimum Gasteiger partial charge on any atom is -0.504 e. The molecule has 0 atom stereocenters. The van der Waals surface area contributed by atoms with E-state index in [0.29, 0.717) is 12.0 Å². The molecular formula is C26H40O5. The van der Waals surface area contributed by atoms with Gasteiger partial charge < -0.3 is 14.9 Å². The van der Waals surface area contributed by atoms with Crippen LogP contribution in [0.5, 0.6) is 11.5 Å². The molecule has 1 aromatic carbocycles. The Bertz CT molecular complexity index is 693. The topological polar surface area (TPSA) is 83.8 Å². The van der Waals surface area contributed by atoms with Crippen molar-refractivity contribution in [1.82, 2.24) is 0 Å². The number of rotatable bonds is 18. The number of hydrogen-bond donors (Lipinski definition) is 2. The van der Waals surface area contributed by atoms with Crippen LogP contribution in [0.3, 0.4) is 0 Å². The summed E-state index contributed by atoms with van der Waals surface area (Å²) in [5.41, 5.74) is 0.275. The number of methoxy groups -OCH3 is 1. The van der Waals surface area contributed by atoms with E-state index < -0.39 is 5.97 Å². The van der Waals surface area contributed by atoms with Crippen molar-refractivity contribution >= 4 is 17.8 Å². The van der Waals surface area contributed by atoms with Gasteiger partial charge in [-0.2, -0.15) is 0 Å². The largest absolute Gasteiger partial charge is 0.504 e. The van der Waals surface area contributed by atoms with E-state index in [9.17, 15) is 19.8 Å². The van der Waals surface area contributed by atoms with Gasteiger partial charge in [0.15, 0.2) is 17.3 Å². The molecule has 0 aromatic heterocycles. The van der Waals surface area contributed by atoms with Gasteiger partial charge in [0.05, 0.1) is 7.11 Å². The number of Topliss-reactive ketones (excluding diaryl/α,β-unsaturated/α-hetero) is 1. The van der Waals surface area contributed by atoms with E-state index in [4.69, 9.17) is 4.74 Å². The smallest absolute Gasteiger partial charge is 0.339 e. The van der Waals surface area contributed by atoms with Crippen molar-refractivity contribution < 1.29 is 24.5 Å². The van der Waals surface area contributed by atoms with Gasteiger partial charge in [0.2, 0.25) is 0 Å². The molecule has 1 rings (SSSR count). The zero-order valence-electron chi connectivity index (χ0n) is 19.3. The van der Waals surface area contributed by atoms with Crippen LogP contribution in [0.1, 0.15) is 102 Å². The number of phenols is 1. The Morgan fingerprint density at radius 1 is 0.871 bits per heavy atom. The molecule has 0 unspecified atom stereocenters. The van der Waals surface area contributed by atoms with Gasteiger partial charge in [-0.1, -0.05) is 90.0 Å². The summed E-state index contributed by atoms with van der Waals surface area (Å²) in [6.45, 7) is 2.24. The number of ketones is 1. The van der Waals surface area contributed by atoms with Crippen LogP contribution in [-0.4, -0.2) is 29.1 Å². The zero-order valence-corrected chi connectivity index (χ0v) is 19.3. The first-order valence-corrected chi connectivity index (χ1v) is 11.8. The number of unbranched alkanes of at least 4 members (excludes halogenated alkanes) is 12. The second-order valence-corrected chi connectivity index (χ2v) is 8.21. The van der Waals surface area contributed by atoms with E-state index in [1.54, 1.807) is 6.07 Å². The fourth-order valence-corrected chi connectivity index (χ4v) is 3.65. The first-order chi connectivity index (χ1) is 15.0. The van der Waals surface area contributed by atoms with E-state index >= 15 is 0 Å². The predicted molar refractivity (Wildman–Crippen MR) is 126 cm³/mol. The molecule has 0 bridgehead atoms. The number of hydrogen-bond acceptors (Lipinski definition) is 4. The van der Waals surface area contributed by atoms with Gasteiger partial charge in [-0.15, -0.1) is 0 Å². The highest BCUT2D eigenvalue weighted by atomic mass is 16.5. The predicted octanol–water partition coefficient (Wildman–Crippen LogP) is 6.92. The van der Waals surface area contributed by atoms with E-state index in [0.717, 1.165) is 12.8 Å². The average Bonchev–Trinajstić information content (AvgIpc) is 2.75. The van der Waals surface area contributed by atoms with Crippen LogP contribution in [0.4, 0.5) is 0 Å². The molecule has 0 saturated heterocycles. The molecule has 1 aromatic rings. The van der Waals surface area contributed by atoms with Crippen LogP contribution < -0.4 is 4.74 Å². The molecule has 0 heterocycles. The second-order valence-electron chi connectivity index (χ2n) is 8.21. The molecule has 0 aliphatic rings. The lowest BCUT2D eigenvalue weighted by Crippen LogP contribution is -2.12. The van der Waals surface area contributed by atoms with Crippen molar-refractivity contribution in [3.63, 3.8) is 0 Å². The van der Waals surface area contributed by atoms with Crippen LogP contribution in [0, 0.1) is 0 Å². The highest BCUT2D eigenvalue weighted by molar-refractivity contribution is 6.20. The molecule has 0 spiro atoms. The Kier molecular flexibility index (Phi) is 14.1. The number of aromatic hydroxyl groups is 1. The number of ether oxygens (including phenoxy) is 1. The maximum atomic E-state index is 12.4. The Morgan fingerprint density at radius 3 is 1.87 bits per heavy atom. The summed E-state index contributed by atoms with van der Waals surface area (Å²) in [7, 11) is 1.42. The van der Waals surface area contributed by atoms with Gasteiger partial charge in [-0.3, -0.25) is 4.79 Å². The minimum absolute atomic E-state index is 0.0326. The third kappa shape index (κ3) is 11.6. The number of carboxylic acid groups (broad SMARTS) is 1. The van der Waals surface area contributed by atoms with Crippen LogP contribution in [0.2, 0.25) is 0 Å². The highest BCUT2D eigenvalue weighted by Gasteiger charge is 2.17. The van der Waals surface area contributed by atoms with E-state index in [1.807, 2.05) is 0 Å². The zero-order chi connectivity index (χ0) is 22.9. The third-order valence-electron chi connectivity index (χ3n) is 5.55. The number of aliphatic carboxylic acids is 1. The Balaban J connectivity index is 2.25. The Hall–Kier alpha value is -2.30. The van der Waals surface area contributed by atoms with Crippen molar-refractivity contribution in [2.75, 3.05) is 7.11 Å². The molecule has 174 valence electrons. The molecule has 0 aliphatic heterocycles. The molecule has 5 nitrogen and oxygen atoms in total. The standard InChI is InChI=1S/C26H40O5/c1-3-4-5-6-7-8-9-10-11-12-13-14-15-16-23(27)22(26(29)30)19-21-17-18-24(28)25(20-21)31-2/h17-20,28H,3-16H2,1-2H3,(H,29,30)/b22-19+. The van der Waals surface area contributed by atoms with Crippen LogP contribution in [0.25, 0.3) is 6.08 Å².